The Morgan fingerprint density at radius 2 is 2.11 bits per heavy atom. The van der Waals surface area contributed by atoms with E-state index in [9.17, 15) is 0 Å². The predicted octanol–water partition coefficient (Wildman–Crippen LogP) is 2.91. The Kier molecular flexibility index (Phi) is 4.88. The third-order valence-corrected chi connectivity index (χ3v) is 4.63. The number of piperidine rings is 1. The predicted molar refractivity (Wildman–Crippen MR) is 83.0 cm³/mol. The molecule has 2 unspecified atom stereocenters. The van der Waals surface area contributed by atoms with Gasteiger partial charge in [0.25, 0.3) is 0 Å². The summed E-state index contributed by atoms with van der Waals surface area (Å²) in [5.41, 5.74) is 4.32. The third-order valence-electron chi connectivity index (χ3n) is 4.63. The lowest BCUT2D eigenvalue weighted by atomic mass is 9.93. The first-order valence-corrected chi connectivity index (χ1v) is 7.24. The second-order valence-electron chi connectivity index (χ2n) is 6.06. The van der Waals surface area contributed by atoms with Crippen molar-refractivity contribution in [3.8, 4) is 0 Å². The van der Waals surface area contributed by atoms with Crippen LogP contribution in [-0.4, -0.2) is 30.6 Å². The van der Waals surface area contributed by atoms with E-state index >= 15 is 0 Å². The molecule has 0 amide bonds. The molecule has 0 aromatic heterocycles. The lowest BCUT2D eigenvalue weighted by Gasteiger charge is -2.35. The number of hydrogen-bond donors (Lipinski definition) is 1. The van der Waals surface area contributed by atoms with E-state index in [2.05, 4.69) is 42.3 Å². The van der Waals surface area contributed by atoms with Crippen molar-refractivity contribution in [2.24, 2.45) is 5.92 Å². The molecular formula is C16H25ClN2. The number of nitrogens with one attached hydrogen (secondary N) is 1. The Morgan fingerprint density at radius 3 is 2.89 bits per heavy atom. The molecule has 2 fully saturated rings. The summed E-state index contributed by atoms with van der Waals surface area (Å²) in [6.45, 7) is 9.31. The van der Waals surface area contributed by atoms with Crippen molar-refractivity contribution in [3.63, 3.8) is 0 Å². The minimum Gasteiger partial charge on any atom is -0.314 e. The molecular weight excluding hydrogens is 256 g/mol. The quantitative estimate of drug-likeness (QED) is 0.896. The number of fused-ring (bicyclic) bond motifs is 1. The van der Waals surface area contributed by atoms with Crippen LogP contribution in [0, 0.1) is 19.8 Å². The molecule has 0 spiro atoms. The van der Waals surface area contributed by atoms with E-state index in [0.29, 0.717) is 0 Å². The molecule has 2 saturated heterocycles. The number of rotatable bonds is 2. The molecule has 2 aliphatic rings. The number of hydrogen-bond acceptors (Lipinski definition) is 2. The highest BCUT2D eigenvalue weighted by Gasteiger charge is 2.32. The molecule has 1 aromatic rings. The molecule has 0 radical (unpaired) electrons. The normalized spacial score (nSPS) is 26.8. The molecule has 2 aliphatic heterocycles. The van der Waals surface area contributed by atoms with Crippen LogP contribution in [0.1, 0.15) is 29.5 Å². The van der Waals surface area contributed by atoms with Gasteiger partial charge in [0.1, 0.15) is 0 Å². The van der Waals surface area contributed by atoms with E-state index in [0.717, 1.165) is 18.5 Å². The van der Waals surface area contributed by atoms with Crippen molar-refractivity contribution in [1.29, 1.82) is 0 Å². The summed E-state index contributed by atoms with van der Waals surface area (Å²) in [6.07, 6.45) is 2.70. The number of aryl methyl sites for hydroxylation is 2. The Hall–Kier alpha value is -0.570. The molecule has 2 heterocycles. The van der Waals surface area contributed by atoms with Crippen LogP contribution in [0.4, 0.5) is 0 Å². The van der Waals surface area contributed by atoms with Crippen molar-refractivity contribution in [2.75, 3.05) is 19.6 Å². The maximum atomic E-state index is 3.64. The van der Waals surface area contributed by atoms with E-state index in [1.807, 2.05) is 0 Å². The first-order valence-electron chi connectivity index (χ1n) is 7.24. The number of benzene rings is 1. The van der Waals surface area contributed by atoms with Crippen LogP contribution in [0.25, 0.3) is 0 Å². The summed E-state index contributed by atoms with van der Waals surface area (Å²) in [6, 6.07) is 7.66. The van der Waals surface area contributed by atoms with Crippen LogP contribution in [0.3, 0.4) is 0 Å². The first kappa shape index (κ1) is 14.8. The van der Waals surface area contributed by atoms with Gasteiger partial charge in [-0.15, -0.1) is 12.4 Å². The van der Waals surface area contributed by atoms with Gasteiger partial charge in [-0.1, -0.05) is 23.8 Å². The SMILES string of the molecule is Cc1ccc(CN2CCC3NCCC3C2)c(C)c1.Cl. The standard InChI is InChI=1S/C16H24N2.ClH/c1-12-3-4-14(13(2)9-12)10-18-8-6-16-15(11-18)5-7-17-16;/h3-4,9,15-17H,5-8,10-11H2,1-2H3;1H. The van der Waals surface area contributed by atoms with Gasteiger partial charge in [0, 0.05) is 19.1 Å². The minimum atomic E-state index is 0. The Morgan fingerprint density at radius 1 is 1.26 bits per heavy atom. The Labute approximate surface area is 123 Å². The molecule has 2 atom stereocenters. The fraction of sp³-hybridized carbons (Fsp3) is 0.625. The largest absolute Gasteiger partial charge is 0.314 e. The topological polar surface area (TPSA) is 15.3 Å². The van der Waals surface area contributed by atoms with Gasteiger partial charge < -0.3 is 5.32 Å². The number of halogens is 1. The summed E-state index contributed by atoms with van der Waals surface area (Å²) in [5, 5.41) is 3.64. The van der Waals surface area contributed by atoms with E-state index in [1.165, 1.54) is 49.2 Å². The molecule has 3 heteroatoms. The maximum absolute atomic E-state index is 3.64. The fourth-order valence-electron chi connectivity index (χ4n) is 3.53. The highest BCUT2D eigenvalue weighted by Crippen LogP contribution is 2.26. The average molecular weight is 281 g/mol. The minimum absolute atomic E-state index is 0. The zero-order chi connectivity index (χ0) is 12.5. The van der Waals surface area contributed by atoms with Gasteiger partial charge in [0.15, 0.2) is 0 Å². The lowest BCUT2D eigenvalue weighted by molar-refractivity contribution is 0.155. The van der Waals surface area contributed by atoms with Crippen LogP contribution in [0.5, 0.6) is 0 Å². The summed E-state index contributed by atoms with van der Waals surface area (Å²) in [7, 11) is 0. The number of likely N-dealkylation sites (tertiary alicyclic amines) is 1. The molecule has 106 valence electrons. The third kappa shape index (κ3) is 3.31. The number of nitrogens with zero attached hydrogens (tertiary/aromatic N) is 1. The van der Waals surface area contributed by atoms with Crippen molar-refractivity contribution in [2.45, 2.75) is 39.3 Å². The summed E-state index contributed by atoms with van der Waals surface area (Å²) >= 11 is 0. The molecule has 0 bridgehead atoms. The lowest BCUT2D eigenvalue weighted by Crippen LogP contribution is -2.44. The van der Waals surface area contributed by atoms with Gasteiger partial charge in [-0.2, -0.15) is 0 Å². The van der Waals surface area contributed by atoms with E-state index in [-0.39, 0.29) is 12.4 Å². The summed E-state index contributed by atoms with van der Waals surface area (Å²) in [5.74, 6) is 0.893. The second kappa shape index (κ2) is 6.25. The van der Waals surface area contributed by atoms with Gasteiger partial charge in [0.05, 0.1) is 0 Å². The van der Waals surface area contributed by atoms with E-state index in [1.54, 1.807) is 0 Å². The van der Waals surface area contributed by atoms with Gasteiger partial charge in [-0.3, -0.25) is 4.90 Å². The maximum Gasteiger partial charge on any atom is 0.0236 e. The van der Waals surface area contributed by atoms with Crippen molar-refractivity contribution in [1.82, 2.24) is 10.2 Å². The highest BCUT2D eigenvalue weighted by atomic mass is 35.5. The molecule has 0 saturated carbocycles. The fourth-order valence-corrected chi connectivity index (χ4v) is 3.53. The van der Waals surface area contributed by atoms with Crippen LogP contribution < -0.4 is 5.32 Å². The molecule has 19 heavy (non-hydrogen) atoms. The Bertz CT molecular complexity index is 433. The van der Waals surface area contributed by atoms with Gasteiger partial charge >= 0.3 is 0 Å². The monoisotopic (exact) mass is 280 g/mol. The smallest absolute Gasteiger partial charge is 0.0236 e. The van der Waals surface area contributed by atoms with Crippen molar-refractivity contribution in [3.05, 3.63) is 34.9 Å². The van der Waals surface area contributed by atoms with Gasteiger partial charge in [-0.25, -0.2) is 0 Å². The van der Waals surface area contributed by atoms with Crippen LogP contribution in [-0.2, 0) is 6.54 Å². The van der Waals surface area contributed by atoms with Crippen LogP contribution in [0.2, 0.25) is 0 Å². The molecule has 1 N–H and O–H groups in total. The van der Waals surface area contributed by atoms with Gasteiger partial charge in [-0.05, 0) is 56.8 Å². The van der Waals surface area contributed by atoms with E-state index in [4.69, 9.17) is 0 Å². The van der Waals surface area contributed by atoms with Gasteiger partial charge in [0.2, 0.25) is 0 Å². The van der Waals surface area contributed by atoms with Crippen LogP contribution in [0.15, 0.2) is 18.2 Å². The summed E-state index contributed by atoms with van der Waals surface area (Å²) in [4.78, 5) is 2.64. The molecule has 0 aliphatic carbocycles. The molecule has 3 rings (SSSR count). The van der Waals surface area contributed by atoms with E-state index < -0.39 is 0 Å². The Balaban J connectivity index is 0.00000133. The molecule has 1 aromatic carbocycles. The van der Waals surface area contributed by atoms with Crippen LogP contribution >= 0.6 is 12.4 Å². The van der Waals surface area contributed by atoms with Crippen molar-refractivity contribution >= 4 is 12.4 Å². The molecule has 2 nitrogen and oxygen atoms in total. The highest BCUT2D eigenvalue weighted by molar-refractivity contribution is 5.85. The van der Waals surface area contributed by atoms with Crippen molar-refractivity contribution < 1.29 is 0 Å². The second-order valence-corrected chi connectivity index (χ2v) is 6.06. The average Bonchev–Trinajstić information content (AvgIpc) is 2.80. The summed E-state index contributed by atoms with van der Waals surface area (Å²) < 4.78 is 0. The zero-order valence-electron chi connectivity index (χ0n) is 12.0. The first-order chi connectivity index (χ1) is 8.72. The zero-order valence-corrected chi connectivity index (χ0v) is 12.8.